The maximum Gasteiger partial charge on any atom is 0.309 e. The molecule has 0 amide bonds. The number of carbonyl (C=O) groups is 1. The molecule has 1 aromatic carbocycles. The Morgan fingerprint density at radius 3 is 2.41 bits per heavy atom. The zero-order valence-corrected chi connectivity index (χ0v) is 10.2. The number of rotatable bonds is 7. The fraction of sp³-hybridized carbons (Fsp3) is 0.462. The lowest BCUT2D eigenvalue weighted by molar-refractivity contribution is -0.142. The summed E-state index contributed by atoms with van der Waals surface area (Å²) < 4.78 is 11.0. The summed E-state index contributed by atoms with van der Waals surface area (Å²) >= 11 is 0. The number of aliphatic carboxylic acids is 1. The maximum absolute atomic E-state index is 10.7. The molecule has 0 aliphatic heterocycles. The van der Waals surface area contributed by atoms with E-state index in [0.717, 1.165) is 6.42 Å². The SMILES string of the molecule is CCCOc1ccccc1OCC(C)C(=O)O. The van der Waals surface area contributed by atoms with Gasteiger partial charge < -0.3 is 14.6 Å². The molecule has 0 heterocycles. The van der Waals surface area contributed by atoms with E-state index in [1.165, 1.54) is 0 Å². The summed E-state index contributed by atoms with van der Waals surface area (Å²) in [5.74, 6) is -0.146. The smallest absolute Gasteiger partial charge is 0.309 e. The van der Waals surface area contributed by atoms with Crippen LogP contribution in [-0.2, 0) is 4.79 Å². The lowest BCUT2D eigenvalue weighted by Crippen LogP contribution is -2.18. The highest BCUT2D eigenvalue weighted by atomic mass is 16.5. The van der Waals surface area contributed by atoms with E-state index in [-0.39, 0.29) is 6.61 Å². The molecule has 1 rings (SSSR count). The van der Waals surface area contributed by atoms with E-state index in [0.29, 0.717) is 18.1 Å². The van der Waals surface area contributed by atoms with Crippen molar-refractivity contribution in [1.29, 1.82) is 0 Å². The van der Waals surface area contributed by atoms with Gasteiger partial charge in [-0.25, -0.2) is 0 Å². The molecule has 1 aromatic rings. The second-order valence-electron chi connectivity index (χ2n) is 3.85. The Kier molecular flexibility index (Phi) is 5.33. The molecule has 4 heteroatoms. The fourth-order valence-corrected chi connectivity index (χ4v) is 1.19. The van der Waals surface area contributed by atoms with Gasteiger partial charge in [-0.15, -0.1) is 0 Å². The lowest BCUT2D eigenvalue weighted by atomic mass is 10.2. The van der Waals surface area contributed by atoms with Crippen LogP contribution in [0.5, 0.6) is 11.5 Å². The largest absolute Gasteiger partial charge is 0.490 e. The summed E-state index contributed by atoms with van der Waals surface area (Å²) in [5.41, 5.74) is 0. The number of benzene rings is 1. The van der Waals surface area contributed by atoms with Crippen LogP contribution < -0.4 is 9.47 Å². The van der Waals surface area contributed by atoms with Gasteiger partial charge in [0.05, 0.1) is 12.5 Å². The normalized spacial score (nSPS) is 11.9. The molecule has 1 N–H and O–H groups in total. The molecule has 0 bridgehead atoms. The van der Waals surface area contributed by atoms with Crippen LogP contribution in [0.25, 0.3) is 0 Å². The van der Waals surface area contributed by atoms with Gasteiger partial charge in [0.2, 0.25) is 0 Å². The third-order valence-corrected chi connectivity index (χ3v) is 2.22. The van der Waals surface area contributed by atoms with E-state index in [1.807, 2.05) is 25.1 Å². The number of hydrogen-bond donors (Lipinski definition) is 1. The van der Waals surface area contributed by atoms with E-state index in [1.54, 1.807) is 13.0 Å². The van der Waals surface area contributed by atoms with Crippen LogP contribution in [0.15, 0.2) is 24.3 Å². The zero-order chi connectivity index (χ0) is 12.7. The van der Waals surface area contributed by atoms with Gasteiger partial charge in [0.25, 0.3) is 0 Å². The number of carboxylic acids is 1. The molecule has 0 fully saturated rings. The Morgan fingerprint density at radius 2 is 1.88 bits per heavy atom. The van der Waals surface area contributed by atoms with Gasteiger partial charge in [-0.1, -0.05) is 19.1 Å². The number of ether oxygens (including phenoxy) is 2. The monoisotopic (exact) mass is 238 g/mol. The minimum Gasteiger partial charge on any atom is -0.490 e. The Morgan fingerprint density at radius 1 is 1.29 bits per heavy atom. The first-order valence-electron chi connectivity index (χ1n) is 5.72. The van der Waals surface area contributed by atoms with E-state index < -0.39 is 11.9 Å². The Labute approximate surface area is 101 Å². The van der Waals surface area contributed by atoms with Crippen molar-refractivity contribution in [1.82, 2.24) is 0 Å². The van der Waals surface area contributed by atoms with Crippen molar-refractivity contribution in [3.63, 3.8) is 0 Å². The topological polar surface area (TPSA) is 55.8 Å². The Bertz CT molecular complexity index is 362. The van der Waals surface area contributed by atoms with E-state index in [9.17, 15) is 4.79 Å². The predicted molar refractivity (Wildman–Crippen MR) is 64.5 cm³/mol. The van der Waals surface area contributed by atoms with Gasteiger partial charge in [-0.05, 0) is 25.5 Å². The summed E-state index contributed by atoms with van der Waals surface area (Å²) in [6.07, 6.45) is 0.917. The van der Waals surface area contributed by atoms with Crippen molar-refractivity contribution in [2.24, 2.45) is 5.92 Å². The average Bonchev–Trinajstić information content (AvgIpc) is 2.34. The molecule has 1 atom stereocenters. The quantitative estimate of drug-likeness (QED) is 0.793. The predicted octanol–water partition coefficient (Wildman–Crippen LogP) is 2.57. The maximum atomic E-state index is 10.7. The molecule has 4 nitrogen and oxygen atoms in total. The van der Waals surface area contributed by atoms with Crippen molar-refractivity contribution in [3.8, 4) is 11.5 Å². The fourth-order valence-electron chi connectivity index (χ4n) is 1.19. The van der Waals surface area contributed by atoms with Crippen LogP contribution in [0.4, 0.5) is 0 Å². The first-order chi connectivity index (χ1) is 8.15. The standard InChI is InChI=1S/C13H18O4/c1-3-8-16-11-6-4-5-7-12(11)17-9-10(2)13(14)15/h4-7,10H,3,8-9H2,1-2H3,(H,14,15). The van der Waals surface area contributed by atoms with Crippen LogP contribution >= 0.6 is 0 Å². The van der Waals surface area contributed by atoms with Crippen molar-refractivity contribution >= 4 is 5.97 Å². The molecular weight excluding hydrogens is 220 g/mol. The third-order valence-electron chi connectivity index (χ3n) is 2.22. The van der Waals surface area contributed by atoms with Crippen LogP contribution in [0, 0.1) is 5.92 Å². The van der Waals surface area contributed by atoms with Crippen molar-refractivity contribution in [2.45, 2.75) is 20.3 Å². The van der Waals surface area contributed by atoms with Crippen molar-refractivity contribution in [3.05, 3.63) is 24.3 Å². The second kappa shape index (κ2) is 6.78. The van der Waals surface area contributed by atoms with Gasteiger partial charge in [-0.3, -0.25) is 4.79 Å². The molecule has 17 heavy (non-hydrogen) atoms. The Hall–Kier alpha value is -1.71. The van der Waals surface area contributed by atoms with Gasteiger partial charge in [0.15, 0.2) is 11.5 Å². The molecule has 0 aliphatic carbocycles. The molecule has 0 aromatic heterocycles. The van der Waals surface area contributed by atoms with Crippen LogP contribution in [0.1, 0.15) is 20.3 Å². The van der Waals surface area contributed by atoms with Gasteiger partial charge in [0.1, 0.15) is 6.61 Å². The van der Waals surface area contributed by atoms with Crippen LogP contribution in [-0.4, -0.2) is 24.3 Å². The average molecular weight is 238 g/mol. The minimum absolute atomic E-state index is 0.141. The summed E-state index contributed by atoms with van der Waals surface area (Å²) in [4.78, 5) is 10.7. The number of carboxylic acid groups (broad SMARTS) is 1. The summed E-state index contributed by atoms with van der Waals surface area (Å²) in [5, 5.41) is 8.76. The van der Waals surface area contributed by atoms with Crippen molar-refractivity contribution < 1.29 is 19.4 Å². The van der Waals surface area contributed by atoms with Crippen LogP contribution in [0.3, 0.4) is 0 Å². The van der Waals surface area contributed by atoms with Crippen LogP contribution in [0.2, 0.25) is 0 Å². The lowest BCUT2D eigenvalue weighted by Gasteiger charge is -2.13. The summed E-state index contributed by atoms with van der Waals surface area (Å²) in [7, 11) is 0. The summed E-state index contributed by atoms with van der Waals surface area (Å²) in [6, 6.07) is 7.29. The third kappa shape index (κ3) is 4.34. The number of hydrogen-bond acceptors (Lipinski definition) is 3. The molecular formula is C13H18O4. The number of para-hydroxylation sites is 2. The molecule has 0 spiro atoms. The van der Waals surface area contributed by atoms with Crippen molar-refractivity contribution in [2.75, 3.05) is 13.2 Å². The highest BCUT2D eigenvalue weighted by molar-refractivity contribution is 5.69. The molecule has 94 valence electrons. The first-order valence-corrected chi connectivity index (χ1v) is 5.72. The van der Waals surface area contributed by atoms with E-state index in [2.05, 4.69) is 0 Å². The molecule has 0 saturated carbocycles. The van der Waals surface area contributed by atoms with E-state index in [4.69, 9.17) is 14.6 Å². The summed E-state index contributed by atoms with van der Waals surface area (Å²) in [6.45, 7) is 4.39. The van der Waals surface area contributed by atoms with E-state index >= 15 is 0 Å². The molecule has 0 aliphatic rings. The molecule has 0 radical (unpaired) electrons. The molecule has 1 unspecified atom stereocenters. The second-order valence-corrected chi connectivity index (χ2v) is 3.85. The minimum atomic E-state index is -0.864. The molecule has 0 saturated heterocycles. The van der Waals surface area contributed by atoms with Gasteiger partial charge in [-0.2, -0.15) is 0 Å². The van der Waals surface area contributed by atoms with Gasteiger partial charge in [0, 0.05) is 0 Å². The highest BCUT2D eigenvalue weighted by Gasteiger charge is 2.13. The first kappa shape index (κ1) is 13.4. The Balaban J connectivity index is 2.60. The zero-order valence-electron chi connectivity index (χ0n) is 10.2. The van der Waals surface area contributed by atoms with Gasteiger partial charge >= 0.3 is 5.97 Å². The highest BCUT2D eigenvalue weighted by Crippen LogP contribution is 2.26.